The number of anilines is 2. The summed E-state index contributed by atoms with van der Waals surface area (Å²) in [5.41, 5.74) is 3.38. The lowest BCUT2D eigenvalue weighted by atomic mass is 10.1. The molecule has 1 aromatic heterocycles. The van der Waals surface area contributed by atoms with Crippen LogP contribution in [0.4, 0.5) is 15.8 Å². The summed E-state index contributed by atoms with van der Waals surface area (Å²) in [7, 11) is 0. The van der Waals surface area contributed by atoms with Crippen molar-refractivity contribution in [1.29, 1.82) is 0 Å². The highest BCUT2D eigenvalue weighted by molar-refractivity contribution is 5.81. The Morgan fingerprint density at radius 3 is 2.57 bits per heavy atom. The van der Waals surface area contributed by atoms with Crippen LogP contribution in [0.1, 0.15) is 31.9 Å². The lowest BCUT2D eigenvalue weighted by Crippen LogP contribution is -2.45. The first kappa shape index (κ1) is 20.4. The highest BCUT2D eigenvalue weighted by Crippen LogP contribution is 2.27. The van der Waals surface area contributed by atoms with Gasteiger partial charge in [-0.2, -0.15) is 0 Å². The Labute approximate surface area is 175 Å². The Kier molecular flexibility index (Phi) is 5.77. The fraction of sp³-hybridized carbons (Fsp3) is 0.375. The van der Waals surface area contributed by atoms with Gasteiger partial charge in [-0.25, -0.2) is 9.18 Å². The molecule has 1 aliphatic rings. The van der Waals surface area contributed by atoms with E-state index < -0.39 is 0 Å². The summed E-state index contributed by atoms with van der Waals surface area (Å²) in [6.07, 6.45) is 1.00. The number of halogens is 1. The summed E-state index contributed by atoms with van der Waals surface area (Å²) in [6, 6.07) is 12.6. The third kappa shape index (κ3) is 4.33. The summed E-state index contributed by atoms with van der Waals surface area (Å²) >= 11 is 0. The maximum atomic E-state index is 14.8. The number of nitrogens with one attached hydrogen (secondary N) is 1. The maximum Gasteiger partial charge on any atom is 0.336 e. The summed E-state index contributed by atoms with van der Waals surface area (Å²) in [5, 5.41) is 4.12. The van der Waals surface area contributed by atoms with Crippen molar-refractivity contribution in [2.75, 3.05) is 23.3 Å². The quantitative estimate of drug-likeness (QED) is 0.617. The Morgan fingerprint density at radius 2 is 1.87 bits per heavy atom. The molecule has 0 bridgehead atoms. The molecule has 2 heterocycles. The minimum absolute atomic E-state index is 0.0669. The molecule has 1 fully saturated rings. The van der Waals surface area contributed by atoms with Gasteiger partial charge in [0, 0.05) is 36.8 Å². The first-order valence-electron chi connectivity index (χ1n) is 10.4. The second-order valence-corrected chi connectivity index (χ2v) is 7.96. The highest BCUT2D eigenvalue weighted by atomic mass is 19.1. The van der Waals surface area contributed by atoms with Crippen molar-refractivity contribution in [3.05, 3.63) is 69.8 Å². The van der Waals surface area contributed by atoms with Crippen LogP contribution in [0.5, 0.6) is 0 Å². The fourth-order valence-electron chi connectivity index (χ4n) is 4.09. The average molecular weight is 410 g/mol. The fourth-order valence-corrected chi connectivity index (χ4v) is 4.09. The molecule has 2 aromatic carbocycles. The van der Waals surface area contributed by atoms with Gasteiger partial charge >= 0.3 is 5.63 Å². The molecule has 3 aromatic rings. The van der Waals surface area contributed by atoms with Gasteiger partial charge in [-0.3, -0.25) is 0 Å². The zero-order valence-corrected chi connectivity index (χ0v) is 17.6. The highest BCUT2D eigenvalue weighted by Gasteiger charge is 2.24. The lowest BCUT2D eigenvalue weighted by molar-refractivity contribution is -0.00539. The third-order valence-corrected chi connectivity index (χ3v) is 5.49. The second kappa shape index (κ2) is 8.48. The van der Waals surface area contributed by atoms with Crippen LogP contribution in [-0.2, 0) is 17.7 Å². The number of aryl methyl sites for hydroxylation is 1. The van der Waals surface area contributed by atoms with Gasteiger partial charge in [-0.05, 0) is 55.7 Å². The SMILES string of the molecule is CCc1ccc2c(CNc3ccc(N4C[C@@H](C)O[C@@H](C)C4)c(F)c3)cc(=O)oc2c1. The van der Waals surface area contributed by atoms with Crippen LogP contribution >= 0.6 is 0 Å². The van der Waals surface area contributed by atoms with E-state index in [4.69, 9.17) is 9.15 Å². The molecule has 0 spiro atoms. The van der Waals surface area contributed by atoms with Crippen LogP contribution in [0.25, 0.3) is 11.0 Å². The zero-order valence-electron chi connectivity index (χ0n) is 17.6. The Hall–Kier alpha value is -2.86. The van der Waals surface area contributed by atoms with E-state index in [1.807, 2.05) is 43.0 Å². The molecule has 4 rings (SSSR count). The van der Waals surface area contributed by atoms with Gasteiger partial charge in [0.2, 0.25) is 0 Å². The van der Waals surface area contributed by atoms with Gasteiger partial charge in [0.1, 0.15) is 11.4 Å². The average Bonchev–Trinajstić information content (AvgIpc) is 2.70. The standard InChI is InChI=1S/C24H27FN2O3/c1-4-17-5-7-20-18(10-24(28)30-23(20)9-17)12-26-19-6-8-22(21(25)11-19)27-13-15(2)29-16(3)14-27/h5-11,15-16,26H,4,12-14H2,1-3H3/t15-,16+. The molecular weight excluding hydrogens is 383 g/mol. The van der Waals surface area contributed by atoms with Crippen LogP contribution in [0.15, 0.2) is 51.7 Å². The molecule has 0 saturated carbocycles. The van der Waals surface area contributed by atoms with E-state index in [0.717, 1.165) is 22.9 Å². The largest absolute Gasteiger partial charge is 0.423 e. The van der Waals surface area contributed by atoms with E-state index in [0.29, 0.717) is 36.6 Å². The van der Waals surface area contributed by atoms with Gasteiger partial charge in [-0.15, -0.1) is 0 Å². The smallest absolute Gasteiger partial charge is 0.336 e. The first-order chi connectivity index (χ1) is 14.4. The Morgan fingerprint density at radius 1 is 1.10 bits per heavy atom. The summed E-state index contributed by atoms with van der Waals surface area (Å²) in [4.78, 5) is 14.0. The van der Waals surface area contributed by atoms with E-state index in [1.165, 1.54) is 12.1 Å². The van der Waals surface area contributed by atoms with Gasteiger partial charge in [0.15, 0.2) is 0 Å². The van der Waals surface area contributed by atoms with Crippen LogP contribution < -0.4 is 15.8 Å². The Balaban J connectivity index is 1.53. The molecule has 0 aliphatic carbocycles. The van der Waals surface area contributed by atoms with Crippen LogP contribution in [-0.4, -0.2) is 25.3 Å². The minimum Gasteiger partial charge on any atom is -0.423 e. The second-order valence-electron chi connectivity index (χ2n) is 7.96. The summed E-state index contributed by atoms with van der Waals surface area (Å²) in [6.45, 7) is 7.79. The lowest BCUT2D eigenvalue weighted by Gasteiger charge is -2.37. The monoisotopic (exact) mass is 410 g/mol. The van der Waals surface area contributed by atoms with Crippen molar-refractivity contribution in [1.82, 2.24) is 0 Å². The molecule has 0 radical (unpaired) electrons. The van der Waals surface area contributed by atoms with Crippen molar-refractivity contribution in [2.24, 2.45) is 0 Å². The molecule has 1 saturated heterocycles. The summed E-state index contributed by atoms with van der Waals surface area (Å²) < 4.78 is 25.9. The predicted molar refractivity (Wildman–Crippen MR) is 118 cm³/mol. The van der Waals surface area contributed by atoms with E-state index in [2.05, 4.69) is 12.2 Å². The van der Waals surface area contributed by atoms with E-state index in [-0.39, 0.29) is 23.7 Å². The molecule has 30 heavy (non-hydrogen) atoms. The molecule has 0 unspecified atom stereocenters. The molecule has 1 aliphatic heterocycles. The van der Waals surface area contributed by atoms with E-state index in [9.17, 15) is 9.18 Å². The molecule has 2 atom stereocenters. The molecular formula is C24H27FN2O3. The van der Waals surface area contributed by atoms with Gasteiger partial charge in [-0.1, -0.05) is 19.1 Å². The van der Waals surface area contributed by atoms with Crippen molar-refractivity contribution in [3.63, 3.8) is 0 Å². The predicted octanol–water partition coefficient (Wildman–Crippen LogP) is 4.72. The van der Waals surface area contributed by atoms with Gasteiger partial charge < -0.3 is 19.4 Å². The first-order valence-corrected chi connectivity index (χ1v) is 10.4. The Bertz CT molecular complexity index is 1100. The zero-order chi connectivity index (χ0) is 21.3. The topological polar surface area (TPSA) is 54.7 Å². The number of morpholine rings is 1. The van der Waals surface area contributed by atoms with Crippen LogP contribution in [0, 0.1) is 5.82 Å². The number of ether oxygens (including phenoxy) is 1. The molecule has 5 nitrogen and oxygen atoms in total. The van der Waals surface area contributed by atoms with Gasteiger partial charge in [0.25, 0.3) is 0 Å². The van der Waals surface area contributed by atoms with E-state index in [1.54, 1.807) is 6.07 Å². The number of rotatable bonds is 5. The van der Waals surface area contributed by atoms with Crippen LogP contribution in [0.3, 0.4) is 0 Å². The maximum absolute atomic E-state index is 14.8. The summed E-state index contributed by atoms with van der Waals surface area (Å²) in [5.74, 6) is -0.272. The van der Waals surface area contributed by atoms with Crippen LogP contribution in [0.2, 0.25) is 0 Å². The number of hydrogen-bond acceptors (Lipinski definition) is 5. The molecule has 1 N–H and O–H groups in total. The third-order valence-electron chi connectivity index (χ3n) is 5.49. The van der Waals surface area contributed by atoms with Crippen molar-refractivity contribution in [3.8, 4) is 0 Å². The number of fused-ring (bicyclic) bond motifs is 1. The normalized spacial score (nSPS) is 19.3. The van der Waals surface area contributed by atoms with E-state index >= 15 is 0 Å². The number of hydrogen-bond donors (Lipinski definition) is 1. The van der Waals surface area contributed by atoms with Crippen molar-refractivity contribution >= 4 is 22.3 Å². The van der Waals surface area contributed by atoms with Crippen molar-refractivity contribution < 1.29 is 13.5 Å². The number of benzene rings is 2. The molecule has 6 heteroatoms. The molecule has 158 valence electrons. The van der Waals surface area contributed by atoms with Gasteiger partial charge in [0.05, 0.1) is 17.9 Å². The number of nitrogens with zero attached hydrogens (tertiary/aromatic N) is 1. The minimum atomic E-state index is -0.385. The molecule has 0 amide bonds. The van der Waals surface area contributed by atoms with Crippen molar-refractivity contribution in [2.45, 2.75) is 45.9 Å².